The maximum atomic E-state index is 11.9. The van der Waals surface area contributed by atoms with E-state index in [1.807, 2.05) is 19.9 Å². The fraction of sp³-hybridized carbons (Fsp3) is 0.556. The largest absolute Gasteiger partial charge is 0.456 e. The van der Waals surface area contributed by atoms with Crippen LogP contribution in [0.15, 0.2) is 4.79 Å². The number of hydrogen-bond donors (Lipinski definition) is 2. The molecule has 0 bridgehead atoms. The number of nitriles is 1. The Kier molecular flexibility index (Phi) is 7.86. The number of ether oxygens (including phenoxy) is 1. The first-order valence-corrected chi connectivity index (χ1v) is 8.41. The summed E-state index contributed by atoms with van der Waals surface area (Å²) < 4.78 is 4.99. The third-order valence-electron chi connectivity index (χ3n) is 4.21. The van der Waals surface area contributed by atoms with Crippen molar-refractivity contribution in [1.29, 1.82) is 5.26 Å². The molecule has 0 aliphatic heterocycles. The highest BCUT2D eigenvalue weighted by Gasteiger charge is 2.15. The van der Waals surface area contributed by atoms with Gasteiger partial charge in [-0.25, -0.2) is 0 Å². The van der Waals surface area contributed by atoms with Crippen molar-refractivity contribution in [1.82, 2.24) is 10.3 Å². The number of aromatic amines is 1. The summed E-state index contributed by atoms with van der Waals surface area (Å²) in [5.41, 5.74) is 1.57. The Bertz CT molecular complexity index is 727. The lowest BCUT2D eigenvalue weighted by atomic mass is 9.99. The van der Waals surface area contributed by atoms with Gasteiger partial charge in [0.15, 0.2) is 6.61 Å². The van der Waals surface area contributed by atoms with Gasteiger partial charge in [-0.2, -0.15) is 5.26 Å². The van der Waals surface area contributed by atoms with Crippen molar-refractivity contribution in [3.63, 3.8) is 0 Å². The van der Waals surface area contributed by atoms with Gasteiger partial charge in [-0.1, -0.05) is 13.8 Å². The number of carbonyl (C=O) groups is 2. The zero-order valence-corrected chi connectivity index (χ0v) is 15.2. The Morgan fingerprint density at radius 1 is 1.28 bits per heavy atom. The van der Waals surface area contributed by atoms with Crippen LogP contribution in [0.4, 0.5) is 0 Å². The summed E-state index contributed by atoms with van der Waals surface area (Å²) in [5.74, 6) is -0.812. The number of nitrogens with one attached hydrogen (secondary N) is 2. The highest BCUT2D eigenvalue weighted by Crippen LogP contribution is 2.15. The second-order valence-electron chi connectivity index (χ2n) is 5.91. The molecular formula is C18H25N3O4. The van der Waals surface area contributed by atoms with E-state index in [1.165, 1.54) is 0 Å². The van der Waals surface area contributed by atoms with Crippen LogP contribution in [0.3, 0.4) is 0 Å². The number of H-pyrrole nitrogens is 1. The molecule has 0 spiro atoms. The number of aromatic nitrogens is 1. The maximum absolute atomic E-state index is 11.9. The van der Waals surface area contributed by atoms with Crippen LogP contribution in [0.1, 0.15) is 55.5 Å². The third-order valence-corrected chi connectivity index (χ3v) is 4.21. The van der Waals surface area contributed by atoms with Crippen molar-refractivity contribution >= 4 is 11.9 Å². The number of aryl methyl sites for hydroxylation is 1. The van der Waals surface area contributed by atoms with E-state index >= 15 is 0 Å². The molecule has 0 aromatic carbocycles. The van der Waals surface area contributed by atoms with Crippen molar-refractivity contribution in [3.8, 4) is 6.07 Å². The molecule has 2 N–H and O–H groups in total. The van der Waals surface area contributed by atoms with E-state index < -0.39 is 11.5 Å². The molecule has 0 saturated carbocycles. The van der Waals surface area contributed by atoms with Crippen LogP contribution >= 0.6 is 0 Å². The molecule has 1 amide bonds. The Hall–Kier alpha value is -2.62. The predicted molar refractivity (Wildman–Crippen MR) is 93.0 cm³/mol. The molecule has 7 heteroatoms. The Morgan fingerprint density at radius 2 is 1.92 bits per heavy atom. The summed E-state index contributed by atoms with van der Waals surface area (Å²) in [7, 11) is 0. The van der Waals surface area contributed by atoms with Crippen LogP contribution in [-0.2, 0) is 20.7 Å². The highest BCUT2D eigenvalue weighted by molar-refractivity contribution is 5.80. The average Bonchev–Trinajstić information content (AvgIpc) is 2.57. The molecule has 0 saturated heterocycles. The summed E-state index contributed by atoms with van der Waals surface area (Å²) in [5, 5.41) is 11.8. The van der Waals surface area contributed by atoms with Crippen molar-refractivity contribution in [2.45, 2.75) is 59.4 Å². The van der Waals surface area contributed by atoms with E-state index in [-0.39, 0.29) is 30.5 Å². The lowest BCUT2D eigenvalue weighted by molar-refractivity contribution is -0.148. The number of pyridine rings is 1. The fourth-order valence-corrected chi connectivity index (χ4v) is 2.63. The minimum absolute atomic E-state index is 0.0542. The molecule has 0 unspecified atom stereocenters. The van der Waals surface area contributed by atoms with E-state index in [9.17, 15) is 14.4 Å². The molecule has 1 aromatic rings. The summed E-state index contributed by atoms with van der Waals surface area (Å²) in [6.07, 6.45) is 2.04. The molecule has 0 fully saturated rings. The van der Waals surface area contributed by atoms with Crippen LogP contribution in [0.25, 0.3) is 0 Å². The van der Waals surface area contributed by atoms with Gasteiger partial charge in [0.05, 0.1) is 0 Å². The molecule has 0 aliphatic carbocycles. The molecule has 25 heavy (non-hydrogen) atoms. The smallest absolute Gasteiger partial charge is 0.306 e. The summed E-state index contributed by atoms with van der Waals surface area (Å²) in [6, 6.07) is 1.96. The molecule has 7 nitrogen and oxygen atoms in total. The zero-order valence-electron chi connectivity index (χ0n) is 15.2. The highest BCUT2D eigenvalue weighted by atomic mass is 16.5. The zero-order chi connectivity index (χ0) is 19.0. The Morgan fingerprint density at radius 3 is 2.48 bits per heavy atom. The molecular weight excluding hydrogens is 322 g/mol. The summed E-state index contributed by atoms with van der Waals surface area (Å²) in [4.78, 5) is 37.9. The maximum Gasteiger partial charge on any atom is 0.306 e. The Balaban J connectivity index is 2.60. The SMILES string of the molecule is CCC(CC)NC(=O)COC(=O)CCc1c(C)[nH]c(=O)c(C#N)c1C. The lowest BCUT2D eigenvalue weighted by Gasteiger charge is -2.14. The van der Waals surface area contributed by atoms with Crippen molar-refractivity contribution in [2.75, 3.05) is 6.61 Å². The molecule has 1 heterocycles. The van der Waals surface area contributed by atoms with Crippen molar-refractivity contribution in [2.24, 2.45) is 0 Å². The number of amides is 1. The number of rotatable bonds is 8. The quantitative estimate of drug-likeness (QED) is 0.694. The third kappa shape index (κ3) is 5.75. The first-order valence-electron chi connectivity index (χ1n) is 8.41. The van der Waals surface area contributed by atoms with E-state index in [0.717, 1.165) is 18.4 Å². The van der Waals surface area contributed by atoms with Crippen LogP contribution in [-0.4, -0.2) is 29.5 Å². The van der Waals surface area contributed by atoms with Crippen LogP contribution in [0, 0.1) is 25.2 Å². The number of esters is 1. The molecule has 1 aromatic heterocycles. The predicted octanol–water partition coefficient (Wildman–Crippen LogP) is 1.64. The second kappa shape index (κ2) is 9.62. The van der Waals surface area contributed by atoms with Crippen LogP contribution in [0.2, 0.25) is 0 Å². The summed E-state index contributed by atoms with van der Waals surface area (Å²) in [6.45, 7) is 7.06. The van der Waals surface area contributed by atoms with Gasteiger partial charge in [0, 0.05) is 18.2 Å². The molecule has 0 radical (unpaired) electrons. The van der Waals surface area contributed by atoms with Gasteiger partial charge in [-0.05, 0) is 44.2 Å². The number of hydrogen-bond acceptors (Lipinski definition) is 5. The number of nitrogens with zero attached hydrogens (tertiary/aromatic N) is 1. The van der Waals surface area contributed by atoms with E-state index in [1.54, 1.807) is 13.8 Å². The molecule has 136 valence electrons. The van der Waals surface area contributed by atoms with Gasteiger partial charge < -0.3 is 15.0 Å². The summed E-state index contributed by atoms with van der Waals surface area (Å²) >= 11 is 0. The molecule has 0 aliphatic rings. The normalized spacial score (nSPS) is 10.4. The Labute approximate surface area is 147 Å². The lowest BCUT2D eigenvalue weighted by Crippen LogP contribution is -2.36. The number of carbonyl (C=O) groups excluding carboxylic acids is 2. The van der Waals surface area contributed by atoms with Crippen molar-refractivity contribution in [3.05, 3.63) is 32.7 Å². The minimum Gasteiger partial charge on any atom is -0.456 e. The molecule has 1 rings (SSSR count). The minimum atomic E-state index is -0.497. The van der Waals surface area contributed by atoms with Gasteiger partial charge in [0.25, 0.3) is 11.5 Å². The van der Waals surface area contributed by atoms with Gasteiger partial charge in [0.1, 0.15) is 11.6 Å². The first-order chi connectivity index (χ1) is 11.8. The molecule has 0 atom stereocenters. The van der Waals surface area contributed by atoms with E-state index in [0.29, 0.717) is 17.7 Å². The van der Waals surface area contributed by atoms with Gasteiger partial charge in [-0.15, -0.1) is 0 Å². The van der Waals surface area contributed by atoms with E-state index in [2.05, 4.69) is 10.3 Å². The topological polar surface area (TPSA) is 112 Å². The van der Waals surface area contributed by atoms with E-state index in [4.69, 9.17) is 10.00 Å². The van der Waals surface area contributed by atoms with Crippen LogP contribution < -0.4 is 10.9 Å². The van der Waals surface area contributed by atoms with Crippen LogP contribution in [0.5, 0.6) is 0 Å². The monoisotopic (exact) mass is 347 g/mol. The van der Waals surface area contributed by atoms with Crippen molar-refractivity contribution < 1.29 is 14.3 Å². The second-order valence-corrected chi connectivity index (χ2v) is 5.91. The standard InChI is InChI=1S/C18H25N3O4/c1-5-13(6-2)21-16(22)10-25-17(23)8-7-14-11(3)15(9-19)18(24)20-12(14)4/h13H,5-8,10H2,1-4H3,(H,20,24)(H,21,22). The fourth-order valence-electron chi connectivity index (χ4n) is 2.63. The van der Waals surface area contributed by atoms with Gasteiger partial charge in [0.2, 0.25) is 0 Å². The van der Waals surface area contributed by atoms with Gasteiger partial charge in [-0.3, -0.25) is 14.4 Å². The first kappa shape index (κ1) is 20.4. The van der Waals surface area contributed by atoms with Gasteiger partial charge >= 0.3 is 5.97 Å². The average molecular weight is 347 g/mol.